The van der Waals surface area contributed by atoms with Crippen molar-refractivity contribution in [1.29, 1.82) is 0 Å². The Kier molecular flexibility index (Phi) is 7.46. The zero-order valence-corrected chi connectivity index (χ0v) is 20.9. The molecule has 0 fully saturated rings. The minimum absolute atomic E-state index is 0.0234. The van der Waals surface area contributed by atoms with Gasteiger partial charge in [0.25, 0.3) is 0 Å². The van der Waals surface area contributed by atoms with E-state index in [9.17, 15) is 18.0 Å². The molecular weight excluding hydrogens is 472 g/mol. The molecule has 0 saturated carbocycles. The summed E-state index contributed by atoms with van der Waals surface area (Å²) in [6.07, 6.45) is 1.04. The molecule has 0 bridgehead atoms. The molecule has 0 unspecified atom stereocenters. The topological polar surface area (TPSA) is 77.5 Å². The number of carbonyl (C=O) groups is 2. The molecule has 0 atom stereocenters. The molecule has 0 heterocycles. The third kappa shape index (κ3) is 6.15. The van der Waals surface area contributed by atoms with E-state index in [-0.39, 0.29) is 17.7 Å². The second-order valence-corrected chi connectivity index (χ2v) is 10.7. The number of esters is 2. The molecule has 5 nitrogen and oxygen atoms in total. The summed E-state index contributed by atoms with van der Waals surface area (Å²) in [5.74, 6) is -1.26. The molecule has 0 amide bonds. The number of ether oxygens (including phenoxy) is 1. The lowest BCUT2D eigenvalue weighted by molar-refractivity contribution is -0.158. The molecule has 36 heavy (non-hydrogen) atoms. The lowest BCUT2D eigenvalue weighted by Gasteiger charge is -2.11. The van der Waals surface area contributed by atoms with Gasteiger partial charge in [-0.2, -0.15) is 0 Å². The largest absolute Gasteiger partial charge is 0.393 e. The molecule has 4 aromatic carbocycles. The summed E-state index contributed by atoms with van der Waals surface area (Å²) >= 11 is 0. The van der Waals surface area contributed by atoms with Crippen molar-refractivity contribution in [3.05, 3.63) is 114 Å². The lowest BCUT2D eigenvalue weighted by atomic mass is 9.97. The molecule has 0 radical (unpaired) electrons. The Labute approximate surface area is 211 Å². The van der Waals surface area contributed by atoms with Crippen LogP contribution in [-0.4, -0.2) is 26.6 Å². The van der Waals surface area contributed by atoms with Gasteiger partial charge >= 0.3 is 11.9 Å². The van der Waals surface area contributed by atoms with Gasteiger partial charge in [-0.1, -0.05) is 90.5 Å². The van der Waals surface area contributed by atoms with Crippen LogP contribution in [0.1, 0.15) is 16.7 Å². The van der Waals surface area contributed by atoms with Gasteiger partial charge in [-0.05, 0) is 52.4 Å². The van der Waals surface area contributed by atoms with Crippen LogP contribution in [0.2, 0.25) is 0 Å². The van der Waals surface area contributed by atoms with Gasteiger partial charge in [-0.3, -0.25) is 9.59 Å². The maximum Gasteiger partial charge on any atom is 0.317 e. The molecule has 0 aliphatic carbocycles. The summed E-state index contributed by atoms with van der Waals surface area (Å²) in [6, 6.07) is 29.4. The molecule has 4 aromatic rings. The number of benzene rings is 4. The van der Waals surface area contributed by atoms with Gasteiger partial charge < -0.3 is 4.74 Å². The fourth-order valence-corrected chi connectivity index (χ4v) is 4.67. The summed E-state index contributed by atoms with van der Waals surface area (Å²) in [7, 11) is -3.30. The van der Waals surface area contributed by atoms with Crippen LogP contribution in [0.3, 0.4) is 0 Å². The molecule has 182 valence electrons. The Balaban J connectivity index is 1.46. The van der Waals surface area contributed by atoms with Crippen molar-refractivity contribution >= 4 is 21.8 Å². The van der Waals surface area contributed by atoms with Crippen LogP contribution in [-0.2, 0) is 37.0 Å². The van der Waals surface area contributed by atoms with E-state index in [2.05, 4.69) is 0 Å². The minimum Gasteiger partial charge on any atom is -0.393 e. The molecule has 0 saturated heterocycles. The fourth-order valence-electron chi connectivity index (χ4n) is 4.04. The van der Waals surface area contributed by atoms with Gasteiger partial charge in [0.1, 0.15) is 0 Å². The van der Waals surface area contributed by atoms with Crippen molar-refractivity contribution in [1.82, 2.24) is 0 Å². The highest BCUT2D eigenvalue weighted by Crippen LogP contribution is 2.27. The number of hydrogen-bond donors (Lipinski definition) is 0. The van der Waals surface area contributed by atoms with Gasteiger partial charge in [0, 0.05) is 6.26 Å². The Morgan fingerprint density at radius 2 is 1.06 bits per heavy atom. The normalized spacial score (nSPS) is 11.2. The Hall–Kier alpha value is -4.03. The first-order chi connectivity index (χ1) is 17.2. The average Bonchev–Trinajstić information content (AvgIpc) is 2.85. The Bertz CT molecular complexity index is 1500. The number of carbonyl (C=O) groups excluding carboxylic acids is 2. The number of rotatable bonds is 7. The predicted octanol–water partition coefficient (Wildman–Crippen LogP) is 5.59. The SMILES string of the molecule is Cc1ccc(-c2ccccc2CC(=O)OC(=O)Cc2ccccc2-c2ccc(S(C)(=O)=O)cc2)cc1. The highest BCUT2D eigenvalue weighted by atomic mass is 32.2. The summed E-state index contributed by atoms with van der Waals surface area (Å²) in [6.45, 7) is 2.02. The van der Waals surface area contributed by atoms with Gasteiger partial charge in [0.05, 0.1) is 17.7 Å². The van der Waals surface area contributed by atoms with E-state index < -0.39 is 21.8 Å². The molecular formula is C30H26O5S. The van der Waals surface area contributed by atoms with Gasteiger partial charge in [-0.15, -0.1) is 0 Å². The summed E-state index contributed by atoms with van der Waals surface area (Å²) < 4.78 is 28.7. The molecule has 4 rings (SSSR count). The smallest absolute Gasteiger partial charge is 0.317 e. The summed E-state index contributed by atoms with van der Waals surface area (Å²) in [5, 5.41) is 0. The van der Waals surface area contributed by atoms with Gasteiger partial charge in [0.2, 0.25) is 0 Å². The van der Waals surface area contributed by atoms with Crippen LogP contribution < -0.4 is 0 Å². The van der Waals surface area contributed by atoms with Crippen LogP contribution in [0.5, 0.6) is 0 Å². The summed E-state index contributed by atoms with van der Waals surface area (Å²) in [5.41, 5.74) is 6.06. The maximum absolute atomic E-state index is 12.7. The standard InChI is InChI=1S/C30H26O5S/c1-21-11-13-22(14-12-21)27-9-5-3-7-24(27)19-29(31)35-30(32)20-25-8-4-6-10-28(25)23-15-17-26(18-16-23)36(2,33)34/h3-18H,19-20H2,1-2H3. The molecule has 0 aliphatic rings. The van der Waals surface area contributed by atoms with Crippen molar-refractivity contribution in [2.75, 3.05) is 6.26 Å². The predicted molar refractivity (Wildman–Crippen MR) is 140 cm³/mol. The van der Waals surface area contributed by atoms with Crippen molar-refractivity contribution in [2.45, 2.75) is 24.7 Å². The van der Waals surface area contributed by atoms with Crippen LogP contribution >= 0.6 is 0 Å². The molecule has 6 heteroatoms. The molecule has 0 spiro atoms. The van der Waals surface area contributed by atoms with E-state index in [0.29, 0.717) is 5.56 Å². The molecule has 0 N–H and O–H groups in total. The second-order valence-electron chi connectivity index (χ2n) is 8.68. The highest BCUT2D eigenvalue weighted by molar-refractivity contribution is 7.90. The fraction of sp³-hybridized carbons (Fsp3) is 0.133. The zero-order valence-electron chi connectivity index (χ0n) is 20.1. The van der Waals surface area contributed by atoms with Crippen LogP contribution in [0, 0.1) is 6.92 Å². The van der Waals surface area contributed by atoms with E-state index in [1.165, 1.54) is 12.1 Å². The third-order valence-electron chi connectivity index (χ3n) is 5.89. The van der Waals surface area contributed by atoms with E-state index in [4.69, 9.17) is 4.74 Å². The van der Waals surface area contributed by atoms with Crippen LogP contribution in [0.4, 0.5) is 0 Å². The summed E-state index contributed by atoms with van der Waals surface area (Å²) in [4.78, 5) is 25.5. The number of sulfone groups is 1. The first kappa shape index (κ1) is 25.1. The van der Waals surface area contributed by atoms with Crippen molar-refractivity contribution in [3.8, 4) is 22.3 Å². The van der Waals surface area contributed by atoms with Crippen LogP contribution in [0.25, 0.3) is 22.3 Å². The quantitative estimate of drug-likeness (QED) is 0.245. The van der Waals surface area contributed by atoms with Crippen LogP contribution in [0.15, 0.2) is 102 Å². The van der Waals surface area contributed by atoms with E-state index in [1.807, 2.05) is 67.6 Å². The lowest BCUT2D eigenvalue weighted by Crippen LogP contribution is -2.17. The zero-order chi connectivity index (χ0) is 25.7. The Morgan fingerprint density at radius 3 is 1.50 bits per heavy atom. The van der Waals surface area contributed by atoms with E-state index in [0.717, 1.165) is 39.6 Å². The third-order valence-corrected chi connectivity index (χ3v) is 7.02. The minimum atomic E-state index is -3.30. The van der Waals surface area contributed by atoms with Gasteiger partial charge in [-0.25, -0.2) is 8.42 Å². The first-order valence-corrected chi connectivity index (χ1v) is 13.4. The second kappa shape index (κ2) is 10.7. The number of hydrogen-bond acceptors (Lipinski definition) is 5. The number of aryl methyl sites for hydroxylation is 1. The van der Waals surface area contributed by atoms with E-state index >= 15 is 0 Å². The average molecular weight is 499 g/mol. The van der Waals surface area contributed by atoms with E-state index in [1.54, 1.807) is 24.3 Å². The first-order valence-electron chi connectivity index (χ1n) is 11.5. The van der Waals surface area contributed by atoms with Gasteiger partial charge in [0.15, 0.2) is 9.84 Å². The van der Waals surface area contributed by atoms with Crippen molar-refractivity contribution in [3.63, 3.8) is 0 Å². The van der Waals surface area contributed by atoms with Crippen molar-refractivity contribution < 1.29 is 22.7 Å². The monoisotopic (exact) mass is 498 g/mol. The Morgan fingerprint density at radius 1 is 0.639 bits per heavy atom. The van der Waals surface area contributed by atoms with Crippen molar-refractivity contribution in [2.24, 2.45) is 0 Å². The maximum atomic E-state index is 12.7. The molecule has 0 aromatic heterocycles. The molecule has 0 aliphatic heterocycles. The highest BCUT2D eigenvalue weighted by Gasteiger charge is 2.17.